The normalized spacial score (nSPS) is 23.8. The summed E-state index contributed by atoms with van der Waals surface area (Å²) < 4.78 is 45.2. The fourth-order valence-corrected chi connectivity index (χ4v) is 4.86. The number of rotatable bonds is 3. The van der Waals surface area contributed by atoms with Gasteiger partial charge in [-0.15, -0.1) is 0 Å². The molecule has 1 aromatic heterocycles. The van der Waals surface area contributed by atoms with E-state index in [1.165, 1.54) is 6.20 Å². The summed E-state index contributed by atoms with van der Waals surface area (Å²) in [5, 5.41) is 6.08. The van der Waals surface area contributed by atoms with Gasteiger partial charge < -0.3 is 20.3 Å². The molecule has 3 heterocycles. The summed E-state index contributed by atoms with van der Waals surface area (Å²) in [5.74, 6) is 1.10. The highest BCUT2D eigenvalue weighted by molar-refractivity contribution is 5.75. The molecule has 0 unspecified atom stereocenters. The minimum absolute atomic E-state index is 0.136. The summed E-state index contributed by atoms with van der Waals surface area (Å²) in [4.78, 5) is 18.6. The van der Waals surface area contributed by atoms with Crippen LogP contribution in [0.1, 0.15) is 49.3 Å². The molecule has 170 valence electrons. The zero-order valence-electron chi connectivity index (χ0n) is 17.5. The van der Waals surface area contributed by atoms with Crippen LogP contribution in [0.5, 0.6) is 5.75 Å². The lowest BCUT2D eigenvalue weighted by atomic mass is 9.73. The minimum Gasteiger partial charge on any atom is -0.487 e. The number of anilines is 1. The second kappa shape index (κ2) is 7.86. The number of hydrogen-bond donors (Lipinski definition) is 2. The predicted octanol–water partition coefficient (Wildman–Crippen LogP) is 4.42. The van der Waals surface area contributed by atoms with Crippen LogP contribution in [0.4, 0.5) is 23.8 Å². The van der Waals surface area contributed by atoms with Gasteiger partial charge in [0.15, 0.2) is 0 Å². The van der Waals surface area contributed by atoms with Gasteiger partial charge in [-0.25, -0.2) is 9.78 Å². The molecule has 2 atom stereocenters. The summed E-state index contributed by atoms with van der Waals surface area (Å²) in [5.41, 5.74) is 0.0622. The van der Waals surface area contributed by atoms with E-state index in [2.05, 4.69) is 15.6 Å². The van der Waals surface area contributed by atoms with Gasteiger partial charge in [0.1, 0.15) is 17.2 Å². The number of halogens is 3. The van der Waals surface area contributed by atoms with Gasteiger partial charge in [-0.1, -0.05) is 18.2 Å². The summed E-state index contributed by atoms with van der Waals surface area (Å²) in [7, 11) is 0. The number of aromatic nitrogens is 1. The monoisotopic (exact) mass is 446 g/mol. The third-order valence-electron chi connectivity index (χ3n) is 6.69. The molecule has 1 saturated carbocycles. The Kier molecular flexibility index (Phi) is 5.14. The topological polar surface area (TPSA) is 66.5 Å². The predicted molar refractivity (Wildman–Crippen MR) is 113 cm³/mol. The molecule has 32 heavy (non-hydrogen) atoms. The number of fused-ring (bicyclic) bond motifs is 1. The van der Waals surface area contributed by atoms with Gasteiger partial charge in [-0.3, -0.25) is 0 Å². The number of hydrogen-bond acceptors (Lipinski definition) is 4. The van der Waals surface area contributed by atoms with Crippen LogP contribution < -0.4 is 20.3 Å². The maximum Gasteiger partial charge on any atom is 0.416 e. The van der Waals surface area contributed by atoms with Gasteiger partial charge in [-0.05, 0) is 43.9 Å². The number of pyridine rings is 1. The second-order valence-electron chi connectivity index (χ2n) is 8.88. The Balaban J connectivity index is 1.21. The standard InChI is InChI=1S/C23H25F3N4O2/c24-23(25,26)15-6-10-27-20(12-15)30-11-7-16(14-30)28-21(31)29-18-13-22(8-3-9-22)32-19-5-2-1-4-17(18)19/h1-2,4-6,10,12,16,18H,3,7-9,11,13-14H2,(H2,28,29,31)/t16-,18+/m1/s1. The van der Waals surface area contributed by atoms with Crippen molar-refractivity contribution in [1.29, 1.82) is 0 Å². The molecular formula is C23H25F3N4O2. The molecule has 9 heteroatoms. The van der Waals surface area contributed by atoms with E-state index in [0.717, 1.165) is 49.1 Å². The van der Waals surface area contributed by atoms with Crippen molar-refractivity contribution < 1.29 is 22.7 Å². The molecule has 1 aromatic carbocycles. The van der Waals surface area contributed by atoms with Crippen LogP contribution in [-0.2, 0) is 6.18 Å². The smallest absolute Gasteiger partial charge is 0.416 e. The first kappa shape index (κ1) is 20.9. The molecule has 2 fully saturated rings. The van der Waals surface area contributed by atoms with Gasteiger partial charge in [0.2, 0.25) is 0 Å². The molecule has 1 aliphatic carbocycles. The van der Waals surface area contributed by atoms with E-state index in [1.54, 1.807) is 4.90 Å². The lowest BCUT2D eigenvalue weighted by molar-refractivity contribution is -0.137. The quantitative estimate of drug-likeness (QED) is 0.732. The van der Waals surface area contributed by atoms with Crippen molar-refractivity contribution in [2.45, 2.75) is 56.0 Å². The van der Waals surface area contributed by atoms with E-state index in [4.69, 9.17) is 4.74 Å². The largest absolute Gasteiger partial charge is 0.487 e. The molecule has 1 spiro atoms. The zero-order valence-corrected chi connectivity index (χ0v) is 17.5. The van der Waals surface area contributed by atoms with Crippen molar-refractivity contribution in [2.24, 2.45) is 0 Å². The number of benzene rings is 1. The van der Waals surface area contributed by atoms with Crippen molar-refractivity contribution >= 4 is 11.8 Å². The number of para-hydroxylation sites is 1. The Hall–Kier alpha value is -2.97. The van der Waals surface area contributed by atoms with Crippen LogP contribution in [0.3, 0.4) is 0 Å². The number of carbonyl (C=O) groups excluding carboxylic acids is 1. The fraction of sp³-hybridized carbons (Fsp3) is 0.478. The molecule has 0 radical (unpaired) electrons. The van der Waals surface area contributed by atoms with Crippen LogP contribution >= 0.6 is 0 Å². The molecule has 2 N–H and O–H groups in total. The second-order valence-corrected chi connectivity index (χ2v) is 8.88. The number of ether oxygens (including phenoxy) is 1. The summed E-state index contributed by atoms with van der Waals surface area (Å²) in [6.45, 7) is 0.943. The van der Waals surface area contributed by atoms with Crippen LogP contribution in [0, 0.1) is 0 Å². The third kappa shape index (κ3) is 4.08. The van der Waals surface area contributed by atoms with E-state index in [1.807, 2.05) is 24.3 Å². The molecule has 5 rings (SSSR count). The van der Waals surface area contributed by atoms with Crippen molar-refractivity contribution in [2.75, 3.05) is 18.0 Å². The first-order valence-electron chi connectivity index (χ1n) is 10.9. The van der Waals surface area contributed by atoms with Crippen molar-refractivity contribution in [3.63, 3.8) is 0 Å². The van der Waals surface area contributed by atoms with E-state index in [-0.39, 0.29) is 29.5 Å². The maximum atomic E-state index is 13.0. The molecule has 2 aliphatic heterocycles. The average Bonchev–Trinajstić information content (AvgIpc) is 3.20. The number of carbonyl (C=O) groups is 1. The van der Waals surface area contributed by atoms with E-state index in [0.29, 0.717) is 19.5 Å². The zero-order chi connectivity index (χ0) is 22.3. The molecule has 2 amide bonds. The van der Waals surface area contributed by atoms with Crippen LogP contribution in [-0.4, -0.2) is 35.7 Å². The van der Waals surface area contributed by atoms with Gasteiger partial charge in [0.05, 0.1) is 11.6 Å². The maximum absolute atomic E-state index is 13.0. The third-order valence-corrected chi connectivity index (χ3v) is 6.69. The Morgan fingerprint density at radius 3 is 2.75 bits per heavy atom. The summed E-state index contributed by atoms with van der Waals surface area (Å²) in [6, 6.07) is 9.23. The molecular weight excluding hydrogens is 421 g/mol. The number of alkyl halides is 3. The van der Waals surface area contributed by atoms with Crippen LogP contribution in [0.2, 0.25) is 0 Å². The van der Waals surface area contributed by atoms with E-state index < -0.39 is 11.7 Å². The van der Waals surface area contributed by atoms with E-state index >= 15 is 0 Å². The Labute approximate surface area is 184 Å². The molecule has 1 saturated heterocycles. The lowest BCUT2D eigenvalue weighted by Crippen LogP contribution is -2.52. The Bertz CT molecular complexity index is 1010. The Morgan fingerprint density at radius 1 is 1.19 bits per heavy atom. The molecule has 6 nitrogen and oxygen atoms in total. The van der Waals surface area contributed by atoms with Crippen molar-refractivity contribution in [3.05, 3.63) is 53.7 Å². The Morgan fingerprint density at radius 2 is 2.00 bits per heavy atom. The number of urea groups is 1. The highest BCUT2D eigenvalue weighted by Gasteiger charge is 2.46. The van der Waals surface area contributed by atoms with Crippen LogP contribution in [0.25, 0.3) is 0 Å². The van der Waals surface area contributed by atoms with Gasteiger partial charge >= 0.3 is 12.2 Å². The molecule has 0 bridgehead atoms. The number of amides is 2. The lowest BCUT2D eigenvalue weighted by Gasteiger charge is -2.48. The van der Waals surface area contributed by atoms with Crippen LogP contribution in [0.15, 0.2) is 42.6 Å². The summed E-state index contributed by atoms with van der Waals surface area (Å²) >= 11 is 0. The minimum atomic E-state index is -4.41. The highest BCUT2D eigenvalue weighted by atomic mass is 19.4. The highest BCUT2D eigenvalue weighted by Crippen LogP contribution is 2.48. The first-order valence-corrected chi connectivity index (χ1v) is 10.9. The van der Waals surface area contributed by atoms with Gasteiger partial charge in [-0.2, -0.15) is 13.2 Å². The first-order chi connectivity index (χ1) is 15.3. The summed E-state index contributed by atoms with van der Waals surface area (Å²) in [6.07, 6.45) is 1.24. The molecule has 3 aliphatic rings. The molecule has 2 aromatic rings. The van der Waals surface area contributed by atoms with E-state index in [9.17, 15) is 18.0 Å². The fourth-order valence-electron chi connectivity index (χ4n) is 4.86. The number of nitrogens with zero attached hydrogens (tertiary/aromatic N) is 2. The number of nitrogens with one attached hydrogen (secondary N) is 2. The SMILES string of the molecule is O=C(N[C@@H]1CCN(c2cc(C(F)(F)F)ccn2)C1)N[C@H]1CC2(CCC2)Oc2ccccc21. The van der Waals surface area contributed by atoms with Gasteiger partial charge in [0.25, 0.3) is 0 Å². The average molecular weight is 446 g/mol. The van der Waals surface area contributed by atoms with Gasteiger partial charge in [0, 0.05) is 37.3 Å². The van der Waals surface area contributed by atoms with Crippen molar-refractivity contribution in [1.82, 2.24) is 15.6 Å². The van der Waals surface area contributed by atoms with Crippen molar-refractivity contribution in [3.8, 4) is 5.75 Å².